The van der Waals surface area contributed by atoms with Gasteiger partial charge in [-0.25, -0.2) is 0 Å². The summed E-state index contributed by atoms with van der Waals surface area (Å²) in [4.78, 5) is 2.46. The highest BCUT2D eigenvalue weighted by Gasteiger charge is 2.38. The van der Waals surface area contributed by atoms with E-state index in [9.17, 15) is 10.5 Å². The molecule has 3 aromatic carbocycles. The fraction of sp³-hybridized carbons (Fsp3) is 0.524. The summed E-state index contributed by atoms with van der Waals surface area (Å²) in [6.07, 6.45) is 3.81. The molecule has 0 fully saturated rings. The number of methoxy groups -OCH3 is 6. The molecule has 0 saturated carbocycles. The third-order valence-electron chi connectivity index (χ3n) is 10.4. The van der Waals surface area contributed by atoms with E-state index in [2.05, 4.69) is 50.8 Å². The lowest BCUT2D eigenvalue weighted by atomic mass is 9.69. The minimum Gasteiger partial charge on any atom is -0.493 e. The summed E-state index contributed by atoms with van der Waals surface area (Å²) in [5.74, 6) is 4.07. The lowest BCUT2D eigenvalue weighted by molar-refractivity contribution is 0.237. The van der Waals surface area contributed by atoms with Crippen molar-refractivity contribution in [3.05, 3.63) is 71.3 Å². The van der Waals surface area contributed by atoms with E-state index < -0.39 is 10.8 Å². The topological polar surface area (TPSA) is 106 Å². The van der Waals surface area contributed by atoms with Gasteiger partial charge in [-0.3, -0.25) is 0 Å². The van der Waals surface area contributed by atoms with Gasteiger partial charge >= 0.3 is 0 Å². The third kappa shape index (κ3) is 9.40. The van der Waals surface area contributed by atoms with Crippen LogP contribution in [-0.2, 0) is 17.3 Å². The molecule has 0 saturated heterocycles. The summed E-state index contributed by atoms with van der Waals surface area (Å²) in [5, 5.41) is 21.4. The van der Waals surface area contributed by atoms with E-state index in [-0.39, 0.29) is 11.8 Å². The number of nitriles is 2. The van der Waals surface area contributed by atoms with Crippen LogP contribution in [0, 0.1) is 34.5 Å². The second-order valence-electron chi connectivity index (χ2n) is 13.6. The highest BCUT2D eigenvalue weighted by molar-refractivity contribution is 5.48. The number of hydrogen-bond acceptors (Lipinski definition) is 9. The van der Waals surface area contributed by atoms with Gasteiger partial charge in [0, 0.05) is 6.54 Å². The van der Waals surface area contributed by atoms with Crippen molar-refractivity contribution < 1.29 is 28.4 Å². The molecule has 2 unspecified atom stereocenters. The van der Waals surface area contributed by atoms with Gasteiger partial charge < -0.3 is 33.3 Å². The summed E-state index contributed by atoms with van der Waals surface area (Å²) in [7, 11) is 9.75. The fourth-order valence-corrected chi connectivity index (χ4v) is 7.08. The molecule has 276 valence electrons. The minimum absolute atomic E-state index is 0.0737. The van der Waals surface area contributed by atoms with Gasteiger partial charge in [0.2, 0.25) is 0 Å². The molecule has 0 aliphatic heterocycles. The van der Waals surface area contributed by atoms with Crippen LogP contribution in [0.15, 0.2) is 54.6 Å². The Morgan fingerprint density at radius 3 is 1.25 bits per heavy atom. The molecule has 0 heterocycles. The summed E-state index contributed by atoms with van der Waals surface area (Å²) >= 11 is 0. The Morgan fingerprint density at radius 1 is 0.529 bits per heavy atom. The Morgan fingerprint density at radius 2 is 0.902 bits per heavy atom. The number of benzene rings is 3. The molecule has 2 atom stereocenters. The van der Waals surface area contributed by atoms with Gasteiger partial charge in [0.25, 0.3) is 0 Å². The molecule has 0 aliphatic carbocycles. The lowest BCUT2D eigenvalue weighted by Crippen LogP contribution is -2.35. The average molecular weight is 700 g/mol. The van der Waals surface area contributed by atoms with Crippen LogP contribution >= 0.6 is 0 Å². The molecule has 0 bridgehead atoms. The van der Waals surface area contributed by atoms with Crippen molar-refractivity contribution in [3.63, 3.8) is 0 Å². The molecule has 0 aliphatic rings. The first kappa shape index (κ1) is 40.8. The van der Waals surface area contributed by atoms with Crippen molar-refractivity contribution in [3.8, 4) is 46.6 Å². The second kappa shape index (κ2) is 19.1. The zero-order valence-electron chi connectivity index (χ0n) is 32.3. The van der Waals surface area contributed by atoms with Crippen LogP contribution in [0.5, 0.6) is 34.5 Å². The summed E-state index contributed by atoms with van der Waals surface area (Å²) < 4.78 is 33.2. The zero-order valence-corrected chi connectivity index (χ0v) is 32.3. The van der Waals surface area contributed by atoms with Crippen LogP contribution in [0.4, 0.5) is 0 Å². The van der Waals surface area contributed by atoms with Crippen molar-refractivity contribution in [1.29, 1.82) is 10.5 Å². The molecular weight excluding hydrogens is 642 g/mol. The van der Waals surface area contributed by atoms with Crippen LogP contribution in [0.25, 0.3) is 0 Å². The maximum Gasteiger partial charge on any atom is 0.161 e. The predicted octanol–water partition coefficient (Wildman–Crippen LogP) is 8.38. The van der Waals surface area contributed by atoms with E-state index in [1.54, 1.807) is 42.7 Å². The Hall–Kier alpha value is -4.60. The molecule has 9 nitrogen and oxygen atoms in total. The average Bonchev–Trinajstić information content (AvgIpc) is 3.15. The molecule has 0 N–H and O–H groups in total. The van der Waals surface area contributed by atoms with Gasteiger partial charge in [-0.15, -0.1) is 0 Å². The molecule has 3 rings (SSSR count). The van der Waals surface area contributed by atoms with Gasteiger partial charge in [0.1, 0.15) is 0 Å². The molecule has 0 radical (unpaired) electrons. The van der Waals surface area contributed by atoms with E-state index in [1.165, 1.54) is 0 Å². The van der Waals surface area contributed by atoms with Crippen LogP contribution in [0.3, 0.4) is 0 Å². The standard InChI is InChI=1S/C42H57N3O6/c1-30(2)41(28-43,33-14-17-36(47-6)39(26-33)50-9)20-11-22-45(24-19-32-13-16-35(46-5)38(25-32)49-8)23-12-21-42(29-44,31(3)4)34-15-18-37(48-7)40(27-34)51-10/h13-18,25-27,30-31H,11-12,19-24H2,1-10H3. The quantitative estimate of drug-likeness (QED) is 0.108. The van der Waals surface area contributed by atoms with Crippen molar-refractivity contribution in [1.82, 2.24) is 4.90 Å². The van der Waals surface area contributed by atoms with E-state index in [0.717, 1.165) is 55.6 Å². The highest BCUT2D eigenvalue weighted by Crippen LogP contribution is 2.42. The van der Waals surface area contributed by atoms with Crippen LogP contribution in [-0.4, -0.2) is 67.2 Å². The summed E-state index contributed by atoms with van der Waals surface area (Å²) in [6, 6.07) is 23.1. The molecule has 0 spiro atoms. The molecule has 0 amide bonds. The number of nitrogens with zero attached hydrogens (tertiary/aromatic N) is 3. The predicted molar refractivity (Wildman–Crippen MR) is 202 cm³/mol. The van der Waals surface area contributed by atoms with Crippen LogP contribution in [0.1, 0.15) is 70.1 Å². The van der Waals surface area contributed by atoms with Crippen molar-refractivity contribution in [2.24, 2.45) is 11.8 Å². The Bertz CT molecular complexity index is 1550. The molecule has 0 aromatic heterocycles. The van der Waals surface area contributed by atoms with Crippen LogP contribution in [0.2, 0.25) is 0 Å². The maximum absolute atomic E-state index is 10.7. The Balaban J connectivity index is 1.88. The van der Waals surface area contributed by atoms with Gasteiger partial charge in [0.15, 0.2) is 34.5 Å². The second-order valence-corrected chi connectivity index (χ2v) is 13.6. The molecule has 51 heavy (non-hydrogen) atoms. The van der Waals surface area contributed by atoms with E-state index >= 15 is 0 Å². The number of ether oxygens (including phenoxy) is 6. The molecular formula is C42H57N3O6. The summed E-state index contributed by atoms with van der Waals surface area (Å²) in [6.45, 7) is 10.8. The first-order chi connectivity index (χ1) is 24.5. The van der Waals surface area contributed by atoms with E-state index in [4.69, 9.17) is 28.4 Å². The third-order valence-corrected chi connectivity index (χ3v) is 10.4. The SMILES string of the molecule is COc1ccc(CCN(CCCC(C#N)(c2ccc(OC)c(OC)c2)C(C)C)CCCC(C#N)(c2ccc(OC)c(OC)c2)C(C)C)cc1OC. The highest BCUT2D eigenvalue weighted by atomic mass is 16.5. The first-order valence-corrected chi connectivity index (χ1v) is 17.7. The van der Waals surface area contributed by atoms with Gasteiger partial charge in [0.05, 0.1) is 65.6 Å². The first-order valence-electron chi connectivity index (χ1n) is 17.7. The number of hydrogen-bond donors (Lipinski definition) is 0. The fourth-order valence-electron chi connectivity index (χ4n) is 7.08. The van der Waals surface area contributed by atoms with Crippen LogP contribution < -0.4 is 28.4 Å². The smallest absolute Gasteiger partial charge is 0.161 e. The van der Waals surface area contributed by atoms with Crippen molar-refractivity contribution in [2.75, 3.05) is 62.3 Å². The Kier molecular flexibility index (Phi) is 15.3. The Labute approximate surface area is 306 Å². The van der Waals surface area contributed by atoms with Crippen molar-refractivity contribution >= 4 is 0 Å². The minimum atomic E-state index is -0.699. The van der Waals surface area contributed by atoms with E-state index in [0.29, 0.717) is 47.3 Å². The normalized spacial score (nSPS) is 13.5. The summed E-state index contributed by atoms with van der Waals surface area (Å²) in [5.41, 5.74) is 1.61. The molecule has 9 heteroatoms. The zero-order chi connectivity index (χ0) is 37.6. The molecule has 3 aromatic rings. The lowest BCUT2D eigenvalue weighted by Gasteiger charge is -2.34. The van der Waals surface area contributed by atoms with Crippen molar-refractivity contribution in [2.45, 2.75) is 70.6 Å². The van der Waals surface area contributed by atoms with Gasteiger partial charge in [-0.05, 0) is 110 Å². The largest absolute Gasteiger partial charge is 0.493 e. The number of rotatable bonds is 21. The van der Waals surface area contributed by atoms with Gasteiger partial charge in [-0.1, -0.05) is 45.9 Å². The maximum atomic E-state index is 10.7. The monoisotopic (exact) mass is 699 g/mol. The van der Waals surface area contributed by atoms with Gasteiger partial charge in [-0.2, -0.15) is 10.5 Å². The van der Waals surface area contributed by atoms with E-state index in [1.807, 2.05) is 48.5 Å².